The second-order valence-corrected chi connectivity index (χ2v) is 4.70. The van der Waals surface area contributed by atoms with Gasteiger partial charge in [-0.1, -0.05) is 0 Å². The minimum atomic E-state index is -0.668. The number of hydrogen-bond donors (Lipinski definition) is 1. The first-order valence-electron chi connectivity index (χ1n) is 5.89. The van der Waals surface area contributed by atoms with Crippen LogP contribution < -0.4 is 10.1 Å². The molecule has 2 aromatic rings. The highest BCUT2D eigenvalue weighted by molar-refractivity contribution is 9.10. The molecule has 0 spiro atoms. The van der Waals surface area contributed by atoms with Crippen molar-refractivity contribution in [1.29, 1.82) is 0 Å². The fourth-order valence-corrected chi connectivity index (χ4v) is 1.79. The van der Waals surface area contributed by atoms with Crippen LogP contribution in [0.1, 0.15) is 6.92 Å². The summed E-state index contributed by atoms with van der Waals surface area (Å²) in [6.45, 7) is 2.37. The van der Waals surface area contributed by atoms with Gasteiger partial charge in [0.05, 0.1) is 9.40 Å². The van der Waals surface area contributed by atoms with Gasteiger partial charge in [-0.05, 0) is 35.0 Å². The van der Waals surface area contributed by atoms with E-state index in [1.54, 1.807) is 0 Å². The zero-order valence-corrected chi connectivity index (χ0v) is 12.4. The Kier molecular flexibility index (Phi) is 4.63. The third-order valence-electron chi connectivity index (χ3n) is 2.37. The zero-order valence-electron chi connectivity index (χ0n) is 10.8. The van der Waals surface area contributed by atoms with Crippen LogP contribution in [-0.4, -0.2) is 21.4 Å². The molecule has 9 heteroatoms. The van der Waals surface area contributed by atoms with Crippen LogP contribution in [0.5, 0.6) is 11.6 Å². The molecule has 1 aromatic heterocycles. The van der Waals surface area contributed by atoms with Gasteiger partial charge in [0.1, 0.15) is 17.8 Å². The molecule has 0 atom stereocenters. The number of halogens is 2. The van der Waals surface area contributed by atoms with E-state index in [-0.39, 0.29) is 17.6 Å². The Hall–Kier alpha value is -2.29. The first kappa shape index (κ1) is 15.1. The van der Waals surface area contributed by atoms with Crippen molar-refractivity contribution in [2.24, 2.45) is 0 Å². The highest BCUT2D eigenvalue weighted by atomic mass is 79.9. The zero-order chi connectivity index (χ0) is 15.4. The average Bonchev–Trinajstić information content (AvgIpc) is 2.43. The Bertz CT molecular complexity index is 684. The van der Waals surface area contributed by atoms with E-state index in [1.165, 1.54) is 12.1 Å². The van der Waals surface area contributed by atoms with Crippen LogP contribution in [0.15, 0.2) is 28.9 Å². The number of ether oxygens (including phenoxy) is 1. The van der Waals surface area contributed by atoms with E-state index in [0.717, 1.165) is 12.3 Å². The summed E-state index contributed by atoms with van der Waals surface area (Å²) in [5, 5.41) is 13.8. The summed E-state index contributed by atoms with van der Waals surface area (Å²) < 4.78 is 19.0. The van der Waals surface area contributed by atoms with E-state index in [2.05, 4.69) is 31.2 Å². The van der Waals surface area contributed by atoms with Gasteiger partial charge in [0.2, 0.25) is 5.95 Å². The first-order valence-corrected chi connectivity index (χ1v) is 6.68. The summed E-state index contributed by atoms with van der Waals surface area (Å²) in [4.78, 5) is 18.0. The van der Waals surface area contributed by atoms with Crippen LogP contribution in [0, 0.1) is 15.9 Å². The monoisotopic (exact) mass is 356 g/mol. The number of nitrogens with zero attached hydrogens (tertiary/aromatic N) is 3. The molecule has 0 bridgehead atoms. The molecule has 0 aliphatic carbocycles. The van der Waals surface area contributed by atoms with Gasteiger partial charge in [-0.2, -0.15) is 4.98 Å². The third kappa shape index (κ3) is 3.63. The molecule has 2 rings (SSSR count). The normalized spacial score (nSPS) is 10.2. The van der Waals surface area contributed by atoms with Crippen molar-refractivity contribution in [2.45, 2.75) is 6.92 Å². The molecule has 0 saturated heterocycles. The lowest BCUT2D eigenvalue weighted by molar-refractivity contribution is -0.386. The number of anilines is 1. The van der Waals surface area contributed by atoms with Crippen molar-refractivity contribution in [3.8, 4) is 11.6 Å². The van der Waals surface area contributed by atoms with Gasteiger partial charge in [0.25, 0.3) is 0 Å². The molecule has 110 valence electrons. The number of rotatable bonds is 5. The van der Waals surface area contributed by atoms with Crippen molar-refractivity contribution in [3.05, 3.63) is 44.8 Å². The summed E-state index contributed by atoms with van der Waals surface area (Å²) in [6.07, 6.45) is 1.04. The molecule has 7 nitrogen and oxygen atoms in total. The van der Waals surface area contributed by atoms with Gasteiger partial charge in [-0.15, -0.1) is 0 Å². The minimum absolute atomic E-state index is 0.0826. The standard InChI is InChI=1S/C12H10BrFN4O3/c1-2-15-12-16-6-9(18(19)20)11(17-12)21-10-5-7(14)3-4-8(10)13/h3-6H,2H2,1H3,(H,15,16,17). The van der Waals surface area contributed by atoms with Crippen molar-refractivity contribution >= 4 is 27.6 Å². The molecule has 0 aliphatic heterocycles. The fourth-order valence-electron chi connectivity index (χ4n) is 1.46. The van der Waals surface area contributed by atoms with Gasteiger partial charge >= 0.3 is 11.6 Å². The lowest BCUT2D eigenvalue weighted by Crippen LogP contribution is -2.05. The second-order valence-electron chi connectivity index (χ2n) is 3.85. The lowest BCUT2D eigenvalue weighted by Gasteiger charge is -2.08. The van der Waals surface area contributed by atoms with E-state index in [0.29, 0.717) is 11.0 Å². The Morgan fingerprint density at radius 2 is 2.29 bits per heavy atom. The number of benzene rings is 1. The maximum absolute atomic E-state index is 13.2. The lowest BCUT2D eigenvalue weighted by atomic mass is 10.3. The van der Waals surface area contributed by atoms with E-state index < -0.39 is 16.4 Å². The summed E-state index contributed by atoms with van der Waals surface area (Å²) >= 11 is 3.18. The molecule has 0 amide bonds. The van der Waals surface area contributed by atoms with Crippen LogP contribution in [0.4, 0.5) is 16.0 Å². The van der Waals surface area contributed by atoms with Crippen LogP contribution >= 0.6 is 15.9 Å². The summed E-state index contributed by atoms with van der Waals surface area (Å²) in [6, 6.07) is 3.77. The largest absolute Gasteiger partial charge is 0.432 e. The molecule has 1 N–H and O–H groups in total. The van der Waals surface area contributed by atoms with Crippen LogP contribution in [-0.2, 0) is 0 Å². The number of aromatic nitrogens is 2. The van der Waals surface area contributed by atoms with Gasteiger partial charge in [0, 0.05) is 12.6 Å². The minimum Gasteiger partial charge on any atom is -0.432 e. The van der Waals surface area contributed by atoms with E-state index in [9.17, 15) is 14.5 Å². The molecular formula is C12H10BrFN4O3. The number of nitrogens with one attached hydrogen (secondary N) is 1. The molecule has 0 fully saturated rings. The van der Waals surface area contributed by atoms with Crippen LogP contribution in [0.2, 0.25) is 0 Å². The molecular weight excluding hydrogens is 347 g/mol. The van der Waals surface area contributed by atoms with E-state index in [4.69, 9.17) is 4.74 Å². The molecule has 0 radical (unpaired) electrons. The molecule has 1 aromatic carbocycles. The van der Waals surface area contributed by atoms with Crippen LogP contribution in [0.25, 0.3) is 0 Å². The highest BCUT2D eigenvalue weighted by Gasteiger charge is 2.20. The van der Waals surface area contributed by atoms with Crippen molar-refractivity contribution in [2.75, 3.05) is 11.9 Å². The molecule has 0 aliphatic rings. The van der Waals surface area contributed by atoms with Crippen molar-refractivity contribution in [1.82, 2.24) is 9.97 Å². The molecule has 1 heterocycles. The number of hydrogen-bond acceptors (Lipinski definition) is 6. The maximum Gasteiger partial charge on any atom is 0.349 e. The average molecular weight is 357 g/mol. The molecule has 0 saturated carbocycles. The summed E-state index contributed by atoms with van der Waals surface area (Å²) in [5.74, 6) is -0.529. The Balaban J connectivity index is 2.43. The predicted molar refractivity (Wildman–Crippen MR) is 77.0 cm³/mol. The summed E-state index contributed by atoms with van der Waals surface area (Å²) in [7, 11) is 0. The smallest absolute Gasteiger partial charge is 0.349 e. The maximum atomic E-state index is 13.2. The van der Waals surface area contributed by atoms with E-state index in [1.807, 2.05) is 6.92 Å². The Labute approximate surface area is 127 Å². The van der Waals surface area contributed by atoms with Gasteiger partial charge in [-0.3, -0.25) is 10.1 Å². The van der Waals surface area contributed by atoms with Crippen LogP contribution in [0.3, 0.4) is 0 Å². The predicted octanol–water partition coefficient (Wildman–Crippen LogP) is 3.51. The van der Waals surface area contributed by atoms with Gasteiger partial charge in [0.15, 0.2) is 0 Å². The first-order chi connectivity index (χ1) is 10.0. The SMILES string of the molecule is CCNc1ncc([N+](=O)[O-])c(Oc2cc(F)ccc2Br)n1. The Morgan fingerprint density at radius 3 is 2.95 bits per heavy atom. The number of nitro groups is 1. The molecule has 21 heavy (non-hydrogen) atoms. The quantitative estimate of drug-likeness (QED) is 0.651. The van der Waals surface area contributed by atoms with Crippen molar-refractivity contribution in [3.63, 3.8) is 0 Å². The fraction of sp³-hybridized carbons (Fsp3) is 0.167. The second kappa shape index (κ2) is 6.44. The third-order valence-corrected chi connectivity index (χ3v) is 3.02. The summed E-state index contributed by atoms with van der Waals surface area (Å²) in [5.41, 5.74) is -0.409. The van der Waals surface area contributed by atoms with E-state index >= 15 is 0 Å². The van der Waals surface area contributed by atoms with Gasteiger partial charge in [-0.25, -0.2) is 9.37 Å². The Morgan fingerprint density at radius 1 is 1.52 bits per heavy atom. The van der Waals surface area contributed by atoms with Crippen molar-refractivity contribution < 1.29 is 14.1 Å². The topological polar surface area (TPSA) is 90.2 Å². The molecule has 0 unspecified atom stereocenters. The van der Waals surface area contributed by atoms with Gasteiger partial charge < -0.3 is 10.1 Å². The highest BCUT2D eigenvalue weighted by Crippen LogP contribution is 2.34.